The van der Waals surface area contributed by atoms with Crippen molar-refractivity contribution in [3.8, 4) is 0 Å². The Hall–Kier alpha value is -1.31. The van der Waals surface area contributed by atoms with Gasteiger partial charge >= 0.3 is 10.3 Å². The molecule has 0 saturated carbocycles. The molecule has 1 atom stereocenters. The van der Waals surface area contributed by atoms with Gasteiger partial charge in [0.2, 0.25) is 0 Å². The standard InChI is InChI=1S/C13H15F2NO3S/c1-2-3-4-5-13(9-19-20(17,18)16-13)10-6-11(14)8-12(15)7-10/h4-8,16H,2-3,9H2,1H3/b5-4+/t13-/m0/s1. The van der Waals surface area contributed by atoms with E-state index in [9.17, 15) is 17.2 Å². The maximum absolute atomic E-state index is 13.4. The molecule has 7 heteroatoms. The Balaban J connectivity index is 2.46. The minimum atomic E-state index is -3.91. The van der Waals surface area contributed by atoms with Gasteiger partial charge in [0, 0.05) is 6.07 Å². The molecule has 0 amide bonds. The summed E-state index contributed by atoms with van der Waals surface area (Å²) >= 11 is 0. The molecule has 1 aromatic rings. The first-order chi connectivity index (χ1) is 9.37. The molecule has 0 aromatic heterocycles. The van der Waals surface area contributed by atoms with Gasteiger partial charge in [-0.05, 0) is 24.1 Å². The lowest BCUT2D eigenvalue weighted by atomic mass is 9.91. The van der Waals surface area contributed by atoms with Gasteiger partial charge in [-0.25, -0.2) is 8.78 Å². The highest BCUT2D eigenvalue weighted by atomic mass is 32.2. The second-order valence-electron chi connectivity index (χ2n) is 4.64. The van der Waals surface area contributed by atoms with Crippen LogP contribution >= 0.6 is 0 Å². The summed E-state index contributed by atoms with van der Waals surface area (Å²) < 4.78 is 56.6. The molecule has 2 rings (SSSR count). The summed E-state index contributed by atoms with van der Waals surface area (Å²) in [6, 6.07) is 2.92. The fraction of sp³-hybridized carbons (Fsp3) is 0.385. The number of hydrogen-bond acceptors (Lipinski definition) is 3. The third kappa shape index (κ3) is 3.23. The quantitative estimate of drug-likeness (QED) is 0.869. The van der Waals surface area contributed by atoms with Crippen molar-refractivity contribution >= 4 is 10.3 Å². The summed E-state index contributed by atoms with van der Waals surface area (Å²) in [5.74, 6) is -1.54. The van der Waals surface area contributed by atoms with Gasteiger partial charge in [-0.3, -0.25) is 4.18 Å². The third-order valence-electron chi connectivity index (χ3n) is 2.98. The Morgan fingerprint density at radius 3 is 2.50 bits per heavy atom. The van der Waals surface area contributed by atoms with Crippen molar-refractivity contribution in [3.63, 3.8) is 0 Å². The van der Waals surface area contributed by atoms with Gasteiger partial charge in [-0.2, -0.15) is 13.1 Å². The fourth-order valence-electron chi connectivity index (χ4n) is 2.04. The Morgan fingerprint density at radius 2 is 2.00 bits per heavy atom. The lowest BCUT2D eigenvalue weighted by molar-refractivity contribution is 0.304. The molecule has 0 bridgehead atoms. The first-order valence-corrected chi connectivity index (χ1v) is 7.60. The van der Waals surface area contributed by atoms with Crippen molar-refractivity contribution in [1.29, 1.82) is 0 Å². The Kier molecular flexibility index (Phi) is 4.22. The van der Waals surface area contributed by atoms with E-state index >= 15 is 0 Å². The summed E-state index contributed by atoms with van der Waals surface area (Å²) in [5.41, 5.74) is -1.10. The molecular weight excluding hydrogens is 288 g/mol. The van der Waals surface area contributed by atoms with Crippen LogP contribution in [0, 0.1) is 11.6 Å². The first kappa shape index (κ1) is 15.1. The number of unbranched alkanes of at least 4 members (excludes halogenated alkanes) is 1. The van der Waals surface area contributed by atoms with Gasteiger partial charge in [-0.1, -0.05) is 25.5 Å². The van der Waals surface area contributed by atoms with E-state index in [4.69, 9.17) is 0 Å². The van der Waals surface area contributed by atoms with Crippen LogP contribution < -0.4 is 4.72 Å². The van der Waals surface area contributed by atoms with E-state index in [1.54, 1.807) is 12.2 Å². The third-order valence-corrected chi connectivity index (χ3v) is 4.03. The van der Waals surface area contributed by atoms with Gasteiger partial charge in [0.1, 0.15) is 17.2 Å². The molecule has 0 spiro atoms. The zero-order chi connectivity index (χ0) is 14.8. The highest BCUT2D eigenvalue weighted by Gasteiger charge is 2.42. The summed E-state index contributed by atoms with van der Waals surface area (Å²) in [6.07, 6.45) is 4.94. The second-order valence-corrected chi connectivity index (χ2v) is 5.99. The van der Waals surface area contributed by atoms with Crippen LogP contribution in [0.1, 0.15) is 25.3 Å². The van der Waals surface area contributed by atoms with Gasteiger partial charge in [0.15, 0.2) is 0 Å². The molecule has 110 valence electrons. The van der Waals surface area contributed by atoms with E-state index in [1.165, 1.54) is 0 Å². The molecule has 1 aliphatic rings. The van der Waals surface area contributed by atoms with E-state index in [2.05, 4.69) is 8.91 Å². The van der Waals surface area contributed by atoms with Crippen LogP contribution in [0.5, 0.6) is 0 Å². The SMILES string of the molecule is CCC/C=C/[C@@]1(c2cc(F)cc(F)c2)COS(=O)(=O)N1. The van der Waals surface area contributed by atoms with Gasteiger partial charge < -0.3 is 0 Å². The van der Waals surface area contributed by atoms with Crippen LogP contribution in [0.3, 0.4) is 0 Å². The largest absolute Gasteiger partial charge is 0.337 e. The van der Waals surface area contributed by atoms with E-state index in [1.807, 2.05) is 6.92 Å². The predicted molar refractivity (Wildman–Crippen MR) is 70.1 cm³/mol. The zero-order valence-electron chi connectivity index (χ0n) is 10.9. The van der Waals surface area contributed by atoms with Crippen molar-refractivity contribution in [2.24, 2.45) is 0 Å². The van der Waals surface area contributed by atoms with Crippen LogP contribution in [0.15, 0.2) is 30.4 Å². The maximum atomic E-state index is 13.4. The smallest absolute Gasteiger partial charge is 0.255 e. The molecular formula is C13H15F2NO3S. The fourth-order valence-corrected chi connectivity index (χ4v) is 3.13. The van der Waals surface area contributed by atoms with Gasteiger partial charge in [0.05, 0.1) is 6.61 Å². The Labute approximate surface area is 116 Å². The Morgan fingerprint density at radius 1 is 1.35 bits per heavy atom. The molecule has 1 heterocycles. The maximum Gasteiger partial charge on any atom is 0.337 e. The van der Waals surface area contributed by atoms with Crippen LogP contribution in [-0.2, 0) is 20.0 Å². The molecule has 0 radical (unpaired) electrons. The van der Waals surface area contributed by atoms with Gasteiger partial charge in [-0.15, -0.1) is 0 Å². The van der Waals surface area contributed by atoms with Crippen LogP contribution in [0.25, 0.3) is 0 Å². The van der Waals surface area contributed by atoms with Gasteiger partial charge in [0.25, 0.3) is 0 Å². The van der Waals surface area contributed by atoms with Crippen molar-refractivity contribution < 1.29 is 21.4 Å². The van der Waals surface area contributed by atoms with Crippen molar-refractivity contribution in [2.45, 2.75) is 25.3 Å². The number of benzene rings is 1. The average molecular weight is 303 g/mol. The molecule has 1 N–H and O–H groups in total. The lowest BCUT2D eigenvalue weighted by Gasteiger charge is -2.23. The first-order valence-electron chi connectivity index (χ1n) is 6.19. The monoisotopic (exact) mass is 303 g/mol. The number of nitrogens with one attached hydrogen (secondary N) is 1. The zero-order valence-corrected chi connectivity index (χ0v) is 11.7. The highest BCUT2D eigenvalue weighted by Crippen LogP contribution is 2.31. The van der Waals surface area contributed by atoms with Crippen LogP contribution in [0.2, 0.25) is 0 Å². The number of rotatable bonds is 4. The number of halogens is 2. The molecule has 1 aromatic carbocycles. The predicted octanol–water partition coefficient (Wildman–Crippen LogP) is 2.38. The Bertz CT molecular complexity index is 610. The molecule has 0 aliphatic carbocycles. The van der Waals surface area contributed by atoms with Crippen molar-refractivity contribution in [2.75, 3.05) is 6.61 Å². The van der Waals surface area contributed by atoms with Crippen LogP contribution in [0.4, 0.5) is 8.78 Å². The summed E-state index contributed by atoms with van der Waals surface area (Å²) in [4.78, 5) is 0. The molecule has 20 heavy (non-hydrogen) atoms. The number of allylic oxidation sites excluding steroid dienone is 1. The molecule has 4 nitrogen and oxygen atoms in total. The van der Waals surface area contributed by atoms with E-state index < -0.39 is 27.5 Å². The second kappa shape index (κ2) is 5.59. The average Bonchev–Trinajstić information content (AvgIpc) is 2.65. The van der Waals surface area contributed by atoms with Crippen molar-refractivity contribution in [3.05, 3.63) is 47.5 Å². The van der Waals surface area contributed by atoms with Crippen molar-refractivity contribution in [1.82, 2.24) is 4.72 Å². The molecule has 0 unspecified atom stereocenters. The lowest BCUT2D eigenvalue weighted by Crippen LogP contribution is -2.39. The number of hydrogen-bond donors (Lipinski definition) is 1. The van der Waals surface area contributed by atoms with E-state index in [0.29, 0.717) is 0 Å². The topological polar surface area (TPSA) is 55.4 Å². The van der Waals surface area contributed by atoms with E-state index in [0.717, 1.165) is 31.0 Å². The van der Waals surface area contributed by atoms with Crippen LogP contribution in [-0.4, -0.2) is 15.0 Å². The highest BCUT2D eigenvalue weighted by molar-refractivity contribution is 7.85. The molecule has 1 aliphatic heterocycles. The summed E-state index contributed by atoms with van der Waals surface area (Å²) in [5, 5.41) is 0. The summed E-state index contributed by atoms with van der Waals surface area (Å²) in [7, 11) is -3.91. The van der Waals surface area contributed by atoms with E-state index in [-0.39, 0.29) is 12.2 Å². The normalized spacial score (nSPS) is 25.4. The molecule has 1 fully saturated rings. The minimum absolute atomic E-state index is 0.170. The minimum Gasteiger partial charge on any atom is -0.255 e. The summed E-state index contributed by atoms with van der Waals surface area (Å²) in [6.45, 7) is 1.73. The molecule has 1 saturated heterocycles.